The number of benzene rings is 10. The van der Waals surface area contributed by atoms with E-state index in [9.17, 15) is 0 Å². The first-order chi connectivity index (χ1) is 35.7. The third kappa shape index (κ3) is 8.90. The van der Waals surface area contributed by atoms with Crippen LogP contribution in [0.1, 0.15) is 24.0 Å². The van der Waals surface area contributed by atoms with Crippen molar-refractivity contribution in [2.45, 2.75) is 12.8 Å². The maximum Gasteiger partial charge on any atom is 0.0979 e. The minimum atomic E-state index is 0.834. The fraction of sp³-hybridized carbons (Fsp3) is 0.0294. The lowest BCUT2D eigenvalue weighted by Crippen LogP contribution is -2.12. The summed E-state index contributed by atoms with van der Waals surface area (Å²) in [7, 11) is 0. The number of hydrogen-bond acceptors (Lipinski definition) is 4. The highest BCUT2D eigenvalue weighted by atomic mass is 15.2. The average molecular weight is 923 g/mol. The average Bonchev–Trinajstić information content (AvgIpc) is 3.47. The van der Waals surface area contributed by atoms with E-state index >= 15 is 0 Å². The standard InChI is InChI=1S/C68H50N4/c1-7-19-49(20-8-1)51-31-35-53(36-32-51)63-47-48-64(54-37-33-52(34-38-54)50-21-9-2-10-22-50)68-67(63)69-65(55-23-11-3-12-24-55)66(70-68)56-39-41-60(42-40-56)72(59-29-17-6-18-30-59)62-45-43-61(44-46-62)71(57-25-13-4-14-26-57)58-27-15-5-16-28-58/h1-31,33-35,37-48H,32,36H2. The van der Waals surface area contributed by atoms with E-state index in [1.54, 1.807) is 0 Å². The molecule has 4 nitrogen and oxygen atoms in total. The Labute approximate surface area is 421 Å². The Bertz CT molecular complexity index is 3630. The number of rotatable bonds is 12. The fourth-order valence-electron chi connectivity index (χ4n) is 10.00. The lowest BCUT2D eigenvalue weighted by Gasteiger charge is -2.28. The number of hydrogen-bond donors (Lipinski definition) is 0. The first kappa shape index (κ1) is 43.9. The number of para-hydroxylation sites is 3. The molecule has 0 atom stereocenters. The van der Waals surface area contributed by atoms with Crippen molar-refractivity contribution < 1.29 is 0 Å². The summed E-state index contributed by atoms with van der Waals surface area (Å²) in [5, 5.41) is 0. The molecule has 0 radical (unpaired) electrons. The van der Waals surface area contributed by atoms with Crippen LogP contribution in [0.2, 0.25) is 0 Å². The minimum absolute atomic E-state index is 0.834. The highest BCUT2D eigenvalue weighted by molar-refractivity contribution is 6.02. The Morgan fingerprint density at radius 1 is 0.236 bits per heavy atom. The zero-order valence-corrected chi connectivity index (χ0v) is 39.8. The third-order valence-electron chi connectivity index (χ3n) is 13.6. The summed E-state index contributed by atoms with van der Waals surface area (Å²) >= 11 is 0. The van der Waals surface area contributed by atoms with Crippen LogP contribution in [0.4, 0.5) is 34.1 Å². The number of aromatic nitrogens is 2. The van der Waals surface area contributed by atoms with E-state index in [2.05, 4.69) is 289 Å². The molecule has 1 heterocycles. The van der Waals surface area contributed by atoms with Gasteiger partial charge in [0.1, 0.15) is 0 Å². The monoisotopic (exact) mass is 922 g/mol. The Kier molecular flexibility index (Phi) is 12.1. The van der Waals surface area contributed by atoms with Gasteiger partial charge in [-0.15, -0.1) is 0 Å². The lowest BCUT2D eigenvalue weighted by molar-refractivity contribution is 1.07. The molecule has 1 aliphatic carbocycles. The quantitative estimate of drug-likeness (QED) is 0.122. The third-order valence-corrected chi connectivity index (χ3v) is 13.6. The minimum Gasteiger partial charge on any atom is -0.311 e. The van der Waals surface area contributed by atoms with Crippen molar-refractivity contribution in [2.24, 2.45) is 0 Å². The van der Waals surface area contributed by atoms with Crippen LogP contribution in [0.3, 0.4) is 0 Å². The summed E-state index contributed by atoms with van der Waals surface area (Å²) in [6.07, 6.45) is 6.44. The molecule has 0 saturated carbocycles. The van der Waals surface area contributed by atoms with Gasteiger partial charge in [0, 0.05) is 56.4 Å². The summed E-state index contributed by atoms with van der Waals surface area (Å²) < 4.78 is 0. The summed E-state index contributed by atoms with van der Waals surface area (Å²) in [4.78, 5) is 16.0. The molecule has 0 unspecified atom stereocenters. The molecule has 10 aromatic carbocycles. The first-order valence-electron chi connectivity index (χ1n) is 24.7. The molecule has 1 aliphatic rings. The summed E-state index contributed by atoms with van der Waals surface area (Å²) in [6, 6.07) is 94.5. The Morgan fingerprint density at radius 2 is 0.542 bits per heavy atom. The van der Waals surface area contributed by atoms with Gasteiger partial charge in [-0.25, -0.2) is 9.97 Å². The van der Waals surface area contributed by atoms with E-state index in [0.717, 1.165) is 97.2 Å². The number of fused-ring (bicyclic) bond motifs is 1. The van der Waals surface area contributed by atoms with Gasteiger partial charge in [0.2, 0.25) is 0 Å². The van der Waals surface area contributed by atoms with Crippen LogP contribution in [0.15, 0.2) is 279 Å². The summed E-state index contributed by atoms with van der Waals surface area (Å²) in [6.45, 7) is 0. The number of allylic oxidation sites excluding steroid dienone is 4. The van der Waals surface area contributed by atoms with Gasteiger partial charge in [-0.05, 0) is 119 Å². The molecule has 0 saturated heterocycles. The molecular weight excluding hydrogens is 873 g/mol. The van der Waals surface area contributed by atoms with Crippen LogP contribution < -0.4 is 9.80 Å². The Hall–Kier alpha value is -9.38. The number of anilines is 6. The van der Waals surface area contributed by atoms with Crippen molar-refractivity contribution in [1.29, 1.82) is 0 Å². The fourth-order valence-corrected chi connectivity index (χ4v) is 10.00. The second-order valence-corrected chi connectivity index (χ2v) is 18.1. The van der Waals surface area contributed by atoms with Gasteiger partial charge in [-0.1, -0.05) is 206 Å². The number of nitrogens with zero attached hydrogens (tertiary/aromatic N) is 4. The van der Waals surface area contributed by atoms with Gasteiger partial charge in [0.25, 0.3) is 0 Å². The lowest BCUT2D eigenvalue weighted by atomic mass is 9.88. The topological polar surface area (TPSA) is 32.3 Å². The van der Waals surface area contributed by atoms with Crippen LogP contribution in [-0.2, 0) is 0 Å². The predicted octanol–water partition coefficient (Wildman–Crippen LogP) is 18.5. The maximum absolute atomic E-state index is 5.74. The van der Waals surface area contributed by atoms with Crippen LogP contribution in [-0.4, -0.2) is 9.97 Å². The molecule has 342 valence electrons. The Morgan fingerprint density at radius 3 is 1.00 bits per heavy atom. The smallest absolute Gasteiger partial charge is 0.0979 e. The van der Waals surface area contributed by atoms with Gasteiger partial charge in [0.05, 0.1) is 22.4 Å². The molecule has 0 aliphatic heterocycles. The van der Waals surface area contributed by atoms with Gasteiger partial charge in [0.15, 0.2) is 0 Å². The van der Waals surface area contributed by atoms with Crippen LogP contribution in [0.5, 0.6) is 0 Å². The van der Waals surface area contributed by atoms with Crippen LogP contribution >= 0.6 is 0 Å². The molecule has 0 amide bonds. The van der Waals surface area contributed by atoms with E-state index < -0.39 is 0 Å². The molecule has 0 fully saturated rings. The van der Waals surface area contributed by atoms with Crippen molar-refractivity contribution in [3.63, 3.8) is 0 Å². The van der Waals surface area contributed by atoms with Crippen molar-refractivity contribution >= 4 is 56.3 Å². The van der Waals surface area contributed by atoms with Crippen LogP contribution in [0, 0.1) is 0 Å². The van der Waals surface area contributed by atoms with Crippen molar-refractivity contribution in [1.82, 2.24) is 9.97 Å². The molecule has 12 rings (SSSR count). The molecule has 0 bridgehead atoms. The van der Waals surface area contributed by atoms with E-state index in [1.807, 2.05) is 0 Å². The molecule has 11 aromatic rings. The summed E-state index contributed by atoms with van der Waals surface area (Å²) in [5.41, 5.74) is 21.4. The van der Waals surface area contributed by atoms with Crippen molar-refractivity contribution in [3.05, 3.63) is 290 Å². The predicted molar refractivity (Wildman–Crippen MR) is 302 cm³/mol. The van der Waals surface area contributed by atoms with Crippen molar-refractivity contribution in [2.75, 3.05) is 9.80 Å². The molecule has 72 heavy (non-hydrogen) atoms. The highest BCUT2D eigenvalue weighted by Crippen LogP contribution is 2.43. The van der Waals surface area contributed by atoms with Gasteiger partial charge < -0.3 is 9.80 Å². The van der Waals surface area contributed by atoms with Crippen molar-refractivity contribution in [3.8, 4) is 44.8 Å². The van der Waals surface area contributed by atoms with Crippen LogP contribution in [0.25, 0.3) is 66.9 Å². The second kappa shape index (κ2) is 19.9. The van der Waals surface area contributed by atoms with E-state index in [-0.39, 0.29) is 0 Å². The SMILES string of the molecule is C1=C(c2ccccc2)CCC(c2ccc(-c3ccc(-c4ccccc4)cc3)c3nc(-c4ccc(N(c5ccccc5)c5ccc(N(c6ccccc6)c6ccccc6)cc5)cc4)c(-c4ccccc4)nc23)=C1. The summed E-state index contributed by atoms with van der Waals surface area (Å²) in [5.74, 6) is 0. The van der Waals surface area contributed by atoms with Gasteiger partial charge in [-0.3, -0.25) is 0 Å². The largest absolute Gasteiger partial charge is 0.311 e. The zero-order chi connectivity index (χ0) is 48.1. The highest BCUT2D eigenvalue weighted by Gasteiger charge is 2.22. The van der Waals surface area contributed by atoms with Gasteiger partial charge >= 0.3 is 0 Å². The Balaban J connectivity index is 0.977. The maximum atomic E-state index is 5.74. The molecule has 0 spiro atoms. The molecule has 0 N–H and O–H groups in total. The second-order valence-electron chi connectivity index (χ2n) is 18.1. The molecular formula is C68H50N4. The normalized spacial score (nSPS) is 12.2. The first-order valence-corrected chi connectivity index (χ1v) is 24.7. The zero-order valence-electron chi connectivity index (χ0n) is 39.8. The van der Waals surface area contributed by atoms with E-state index in [1.165, 1.54) is 27.8 Å². The van der Waals surface area contributed by atoms with E-state index in [4.69, 9.17) is 9.97 Å². The molecule has 1 aromatic heterocycles. The molecule has 4 heteroatoms. The van der Waals surface area contributed by atoms with Gasteiger partial charge in [-0.2, -0.15) is 0 Å². The van der Waals surface area contributed by atoms with E-state index in [0.29, 0.717) is 0 Å².